The third-order valence-corrected chi connectivity index (χ3v) is 4.03. The zero-order chi connectivity index (χ0) is 14.1. The van der Waals surface area contributed by atoms with Crippen molar-refractivity contribution in [3.63, 3.8) is 0 Å². The van der Waals surface area contributed by atoms with Gasteiger partial charge in [-0.05, 0) is 30.0 Å². The predicted molar refractivity (Wildman–Crippen MR) is 76.2 cm³/mol. The lowest BCUT2D eigenvalue weighted by molar-refractivity contribution is -0.132. The molecule has 0 spiro atoms. The molecule has 0 aromatic heterocycles. The quantitative estimate of drug-likeness (QED) is 0.774. The molecule has 1 aliphatic carbocycles. The maximum absolute atomic E-state index is 12.1. The Morgan fingerprint density at radius 3 is 2.90 bits per heavy atom. The first-order chi connectivity index (χ1) is 9.72. The summed E-state index contributed by atoms with van der Waals surface area (Å²) in [5.41, 5.74) is 1.98. The van der Waals surface area contributed by atoms with Crippen molar-refractivity contribution in [1.29, 1.82) is 0 Å². The zero-order valence-electron chi connectivity index (χ0n) is 11.2. The monoisotopic (exact) mass is 268 g/mol. The molecule has 1 saturated carbocycles. The van der Waals surface area contributed by atoms with Crippen LogP contribution < -0.4 is 0 Å². The van der Waals surface area contributed by atoms with Gasteiger partial charge in [0.1, 0.15) is 5.78 Å². The first kappa shape index (κ1) is 12.8. The number of carbonyl (C=O) groups excluding carboxylic acids is 2. The highest BCUT2D eigenvalue weighted by Crippen LogP contribution is 2.40. The van der Waals surface area contributed by atoms with E-state index in [-0.39, 0.29) is 23.7 Å². The summed E-state index contributed by atoms with van der Waals surface area (Å²) in [5, 5.41) is 5.64. The van der Waals surface area contributed by atoms with Crippen LogP contribution in [-0.2, 0) is 9.59 Å². The molecule has 0 N–H and O–H groups in total. The van der Waals surface area contributed by atoms with Crippen LogP contribution in [0.2, 0.25) is 0 Å². The van der Waals surface area contributed by atoms with Crippen molar-refractivity contribution < 1.29 is 9.59 Å². The number of hydrogen-bond donors (Lipinski definition) is 0. The van der Waals surface area contributed by atoms with E-state index in [1.807, 2.05) is 24.3 Å². The molecule has 2 atom stereocenters. The van der Waals surface area contributed by atoms with Crippen LogP contribution in [0.5, 0.6) is 0 Å². The second-order valence-corrected chi connectivity index (χ2v) is 5.17. The van der Waals surface area contributed by atoms with Gasteiger partial charge in [0.2, 0.25) is 0 Å². The summed E-state index contributed by atoms with van der Waals surface area (Å²) in [6, 6.07) is 7.50. The van der Waals surface area contributed by atoms with E-state index >= 15 is 0 Å². The molecule has 0 saturated heterocycles. The third kappa shape index (κ3) is 1.97. The van der Waals surface area contributed by atoms with Crippen molar-refractivity contribution in [2.75, 3.05) is 0 Å². The fraction of sp³-hybridized carbons (Fsp3) is 0.312. The number of fused-ring (bicyclic) bond motifs is 1. The van der Waals surface area contributed by atoms with E-state index in [0.717, 1.165) is 24.0 Å². The van der Waals surface area contributed by atoms with E-state index in [1.54, 1.807) is 6.21 Å². The minimum atomic E-state index is -0.295. The van der Waals surface area contributed by atoms with Crippen molar-refractivity contribution in [2.45, 2.75) is 25.3 Å². The van der Waals surface area contributed by atoms with E-state index in [9.17, 15) is 9.59 Å². The van der Waals surface area contributed by atoms with Gasteiger partial charge in [0, 0.05) is 12.3 Å². The second-order valence-electron chi connectivity index (χ2n) is 5.17. The lowest BCUT2D eigenvalue weighted by Crippen LogP contribution is -2.38. The van der Waals surface area contributed by atoms with E-state index < -0.39 is 0 Å². The van der Waals surface area contributed by atoms with Crippen molar-refractivity contribution in [1.82, 2.24) is 5.01 Å². The number of rotatable bonds is 2. The molecule has 2 aliphatic rings. The maximum atomic E-state index is 12.1. The van der Waals surface area contributed by atoms with Gasteiger partial charge in [-0.1, -0.05) is 30.8 Å². The molecular weight excluding hydrogens is 252 g/mol. The summed E-state index contributed by atoms with van der Waals surface area (Å²) >= 11 is 0. The molecule has 20 heavy (non-hydrogen) atoms. The van der Waals surface area contributed by atoms with E-state index in [2.05, 4.69) is 11.7 Å². The first-order valence-corrected chi connectivity index (χ1v) is 6.83. The van der Waals surface area contributed by atoms with Crippen LogP contribution in [0.25, 0.3) is 0 Å². The molecular formula is C16H16N2O2. The smallest absolute Gasteiger partial charge is 0.266 e. The van der Waals surface area contributed by atoms with Crippen LogP contribution in [0.3, 0.4) is 0 Å². The van der Waals surface area contributed by atoms with Crippen molar-refractivity contribution in [3.05, 3.63) is 48.0 Å². The summed E-state index contributed by atoms with van der Waals surface area (Å²) in [5.74, 6) is -0.193. The number of ketones is 1. The molecule has 0 bridgehead atoms. The Morgan fingerprint density at radius 2 is 2.20 bits per heavy atom. The van der Waals surface area contributed by atoms with Gasteiger partial charge in [-0.25, -0.2) is 5.01 Å². The lowest BCUT2D eigenvalue weighted by atomic mass is 9.87. The zero-order valence-corrected chi connectivity index (χ0v) is 11.2. The summed E-state index contributed by atoms with van der Waals surface area (Å²) in [6.45, 7) is 3.52. The number of carbonyl (C=O) groups is 2. The van der Waals surface area contributed by atoms with Crippen molar-refractivity contribution >= 4 is 17.9 Å². The topological polar surface area (TPSA) is 49.7 Å². The van der Waals surface area contributed by atoms with Gasteiger partial charge in [-0.3, -0.25) is 9.59 Å². The molecule has 1 aromatic carbocycles. The number of nitrogens with zero attached hydrogens (tertiary/aromatic N) is 2. The number of amides is 1. The average Bonchev–Trinajstić information content (AvgIpc) is 2.91. The molecule has 1 aromatic rings. The second kappa shape index (κ2) is 5.04. The summed E-state index contributed by atoms with van der Waals surface area (Å²) < 4.78 is 0. The van der Waals surface area contributed by atoms with Gasteiger partial charge < -0.3 is 0 Å². The minimum absolute atomic E-state index is 0.155. The summed E-state index contributed by atoms with van der Waals surface area (Å²) in [4.78, 5) is 24.2. The fourth-order valence-electron chi connectivity index (χ4n) is 3.08. The third-order valence-electron chi connectivity index (χ3n) is 4.03. The SMILES string of the molecule is C=CC(=O)N1N=Cc2ccccc2C1[C@@H]1CCCC1=O. The van der Waals surface area contributed by atoms with Crippen molar-refractivity contribution in [3.8, 4) is 0 Å². The van der Waals surface area contributed by atoms with E-state index in [4.69, 9.17) is 0 Å². The lowest BCUT2D eigenvalue weighted by Gasteiger charge is -2.34. The molecule has 4 nitrogen and oxygen atoms in total. The standard InChI is InChI=1S/C16H16N2O2/c1-2-15(20)18-16(13-8-5-9-14(13)19)12-7-4-3-6-11(12)10-17-18/h2-4,6-7,10,13,16H,1,5,8-9H2/t13-,16?/m1/s1. The highest BCUT2D eigenvalue weighted by molar-refractivity contribution is 5.93. The minimum Gasteiger partial charge on any atom is -0.299 e. The van der Waals surface area contributed by atoms with Gasteiger partial charge >= 0.3 is 0 Å². The van der Waals surface area contributed by atoms with Crippen LogP contribution >= 0.6 is 0 Å². The number of benzene rings is 1. The maximum Gasteiger partial charge on any atom is 0.266 e. The van der Waals surface area contributed by atoms with Crippen LogP contribution in [0.4, 0.5) is 0 Å². The van der Waals surface area contributed by atoms with Gasteiger partial charge in [0.05, 0.1) is 12.3 Å². The number of hydrogen-bond acceptors (Lipinski definition) is 3. The molecule has 1 unspecified atom stereocenters. The van der Waals surface area contributed by atoms with Gasteiger partial charge in [-0.2, -0.15) is 5.10 Å². The molecule has 0 radical (unpaired) electrons. The Labute approximate surface area is 117 Å². The molecule has 1 amide bonds. The Hall–Kier alpha value is -2.23. The Kier molecular flexibility index (Phi) is 3.22. The first-order valence-electron chi connectivity index (χ1n) is 6.83. The predicted octanol–water partition coefficient (Wildman–Crippen LogP) is 2.46. The van der Waals surface area contributed by atoms with Gasteiger partial charge in [-0.15, -0.1) is 0 Å². The van der Waals surface area contributed by atoms with Crippen LogP contribution in [0.15, 0.2) is 42.0 Å². The average molecular weight is 268 g/mol. The van der Waals surface area contributed by atoms with E-state index in [1.165, 1.54) is 11.1 Å². The Bertz CT molecular complexity index is 606. The Balaban J connectivity index is 2.08. The van der Waals surface area contributed by atoms with Gasteiger partial charge in [0.25, 0.3) is 5.91 Å². The van der Waals surface area contributed by atoms with Gasteiger partial charge in [0.15, 0.2) is 0 Å². The van der Waals surface area contributed by atoms with Crippen LogP contribution in [0, 0.1) is 5.92 Å². The van der Waals surface area contributed by atoms with Crippen LogP contribution in [-0.4, -0.2) is 22.9 Å². The molecule has 102 valence electrons. The molecule has 3 rings (SSSR count). The molecule has 1 aliphatic heterocycles. The molecule has 4 heteroatoms. The highest BCUT2D eigenvalue weighted by Gasteiger charge is 2.40. The largest absolute Gasteiger partial charge is 0.299 e. The Morgan fingerprint density at radius 1 is 1.40 bits per heavy atom. The van der Waals surface area contributed by atoms with E-state index in [0.29, 0.717) is 6.42 Å². The molecule has 1 fully saturated rings. The number of Topliss-reactive ketones (excluding diaryl/α,β-unsaturated/α-hetero) is 1. The van der Waals surface area contributed by atoms with Crippen LogP contribution in [0.1, 0.15) is 36.4 Å². The number of hydrazone groups is 1. The summed E-state index contributed by atoms with van der Waals surface area (Å²) in [7, 11) is 0. The normalized spacial score (nSPS) is 24.6. The summed E-state index contributed by atoms with van der Waals surface area (Å²) in [6.07, 6.45) is 5.23. The fourth-order valence-corrected chi connectivity index (χ4v) is 3.08. The molecule has 1 heterocycles. The highest BCUT2D eigenvalue weighted by atomic mass is 16.2. The van der Waals surface area contributed by atoms with Crippen molar-refractivity contribution in [2.24, 2.45) is 11.0 Å².